The number of rotatable bonds is 5. The fraction of sp³-hybridized carbons (Fsp3) is 0.300. The van der Waals surface area contributed by atoms with Crippen LogP contribution in [0.3, 0.4) is 0 Å². The van der Waals surface area contributed by atoms with Gasteiger partial charge in [-0.2, -0.15) is 0 Å². The van der Waals surface area contributed by atoms with E-state index in [0.29, 0.717) is 17.9 Å². The van der Waals surface area contributed by atoms with Gasteiger partial charge in [-0.15, -0.1) is 10.2 Å². The summed E-state index contributed by atoms with van der Waals surface area (Å²) in [6.45, 7) is 2.14. The molecule has 1 fully saturated rings. The molecule has 7 heteroatoms. The first-order valence-electron chi connectivity index (χ1n) is 8.96. The van der Waals surface area contributed by atoms with Crippen LogP contribution in [0.2, 0.25) is 0 Å². The molecule has 0 N–H and O–H groups in total. The molecule has 4 rings (SSSR count). The monoisotopic (exact) mass is 364 g/mol. The molecule has 3 heterocycles. The van der Waals surface area contributed by atoms with E-state index in [1.807, 2.05) is 33.7 Å². The number of hydrogen-bond acceptors (Lipinski definition) is 5. The number of ketones is 1. The number of aromatic nitrogens is 3. The lowest BCUT2D eigenvalue weighted by Crippen LogP contribution is -2.35. The lowest BCUT2D eigenvalue weighted by atomic mass is 10.1. The summed E-state index contributed by atoms with van der Waals surface area (Å²) in [6, 6.07) is 12.4. The average molecular weight is 364 g/mol. The second kappa shape index (κ2) is 7.19. The minimum atomic E-state index is -0.0985. The number of carbonyl (C=O) groups is 2. The van der Waals surface area contributed by atoms with Gasteiger partial charge in [-0.25, -0.2) is 0 Å². The molecule has 0 spiro atoms. The Labute approximate surface area is 156 Å². The molecule has 1 aliphatic rings. The van der Waals surface area contributed by atoms with Crippen molar-refractivity contribution in [3.05, 3.63) is 60.0 Å². The van der Waals surface area contributed by atoms with Gasteiger partial charge in [-0.05, 0) is 56.2 Å². The number of nitrogens with zero attached hydrogens (tertiary/aromatic N) is 4. The van der Waals surface area contributed by atoms with Gasteiger partial charge in [0.2, 0.25) is 0 Å². The molecule has 2 aromatic heterocycles. The smallest absolute Gasteiger partial charge is 0.261 e. The van der Waals surface area contributed by atoms with Crippen molar-refractivity contribution in [3.8, 4) is 5.75 Å². The first-order valence-corrected chi connectivity index (χ1v) is 8.96. The summed E-state index contributed by atoms with van der Waals surface area (Å²) >= 11 is 0. The van der Waals surface area contributed by atoms with Crippen molar-refractivity contribution in [2.75, 3.05) is 13.2 Å². The standard InChI is InChI=1S/C20H20N4O3/c1-14(25)15-7-9-16(10-8-15)27-13-19(26)23-12-4-5-17(23)20-22-21-18-6-2-3-11-24(18)20/h2-3,6-11,17H,4-5,12-13H2,1H3/t17-/m0/s1. The Hall–Kier alpha value is -3.22. The predicted octanol–water partition coefficient (Wildman–Crippen LogP) is 2.67. The molecule has 0 bridgehead atoms. The molecule has 0 saturated carbocycles. The van der Waals surface area contributed by atoms with Gasteiger partial charge < -0.3 is 9.64 Å². The van der Waals surface area contributed by atoms with Crippen molar-refractivity contribution >= 4 is 17.3 Å². The third-order valence-electron chi connectivity index (χ3n) is 4.83. The van der Waals surface area contributed by atoms with E-state index in [4.69, 9.17) is 4.74 Å². The highest BCUT2D eigenvalue weighted by atomic mass is 16.5. The summed E-state index contributed by atoms with van der Waals surface area (Å²) in [5.41, 5.74) is 1.39. The van der Waals surface area contributed by atoms with E-state index in [0.717, 1.165) is 24.3 Å². The van der Waals surface area contributed by atoms with E-state index in [-0.39, 0.29) is 24.3 Å². The zero-order valence-electron chi connectivity index (χ0n) is 15.0. The van der Waals surface area contributed by atoms with E-state index >= 15 is 0 Å². The molecule has 0 radical (unpaired) electrons. The summed E-state index contributed by atoms with van der Waals surface area (Å²) in [5.74, 6) is 1.26. The first-order chi connectivity index (χ1) is 13.1. The van der Waals surface area contributed by atoms with Crippen LogP contribution in [0, 0.1) is 0 Å². The summed E-state index contributed by atoms with van der Waals surface area (Å²) in [7, 11) is 0. The summed E-state index contributed by atoms with van der Waals surface area (Å²) in [5, 5.41) is 8.49. The van der Waals surface area contributed by atoms with E-state index in [1.165, 1.54) is 6.92 Å². The van der Waals surface area contributed by atoms with Crippen molar-refractivity contribution in [2.45, 2.75) is 25.8 Å². The SMILES string of the molecule is CC(=O)c1ccc(OCC(=O)N2CCC[C@H]2c2nnc3ccccn23)cc1. The molecule has 7 nitrogen and oxygen atoms in total. The molecule has 1 aliphatic heterocycles. The number of hydrogen-bond donors (Lipinski definition) is 0. The predicted molar refractivity (Wildman–Crippen MR) is 98.6 cm³/mol. The third kappa shape index (κ3) is 3.40. The van der Waals surface area contributed by atoms with Crippen LogP contribution in [0.4, 0.5) is 0 Å². The highest BCUT2D eigenvalue weighted by molar-refractivity contribution is 5.94. The van der Waals surface area contributed by atoms with Crippen LogP contribution in [-0.2, 0) is 4.79 Å². The molecule has 138 valence electrons. The lowest BCUT2D eigenvalue weighted by molar-refractivity contribution is -0.134. The minimum Gasteiger partial charge on any atom is -0.484 e. The van der Waals surface area contributed by atoms with Gasteiger partial charge in [0, 0.05) is 18.3 Å². The Morgan fingerprint density at radius 2 is 1.96 bits per heavy atom. The Balaban J connectivity index is 1.45. The largest absolute Gasteiger partial charge is 0.484 e. The van der Waals surface area contributed by atoms with Crippen LogP contribution in [-0.4, -0.2) is 44.3 Å². The number of pyridine rings is 1. The number of likely N-dealkylation sites (tertiary alicyclic amines) is 1. The maximum atomic E-state index is 12.7. The molecule has 1 atom stereocenters. The van der Waals surface area contributed by atoms with Crippen LogP contribution in [0.1, 0.15) is 42.0 Å². The molecule has 1 amide bonds. The topological polar surface area (TPSA) is 76.8 Å². The van der Waals surface area contributed by atoms with Crippen molar-refractivity contribution in [2.24, 2.45) is 0 Å². The Bertz CT molecular complexity index is 980. The fourth-order valence-corrected chi connectivity index (χ4v) is 3.43. The van der Waals surface area contributed by atoms with Crippen molar-refractivity contribution < 1.29 is 14.3 Å². The van der Waals surface area contributed by atoms with Crippen LogP contribution in [0.5, 0.6) is 5.75 Å². The van der Waals surface area contributed by atoms with Gasteiger partial charge in [0.1, 0.15) is 5.75 Å². The fourth-order valence-electron chi connectivity index (χ4n) is 3.43. The van der Waals surface area contributed by atoms with E-state index < -0.39 is 0 Å². The number of Topliss-reactive ketones (excluding diaryl/α,β-unsaturated/α-hetero) is 1. The van der Waals surface area contributed by atoms with Crippen LogP contribution in [0.15, 0.2) is 48.7 Å². The van der Waals surface area contributed by atoms with E-state index in [9.17, 15) is 9.59 Å². The van der Waals surface area contributed by atoms with Crippen molar-refractivity contribution in [1.29, 1.82) is 0 Å². The zero-order chi connectivity index (χ0) is 18.8. The average Bonchev–Trinajstić information content (AvgIpc) is 3.33. The molecular weight excluding hydrogens is 344 g/mol. The summed E-state index contributed by atoms with van der Waals surface area (Å²) in [6.07, 6.45) is 3.69. The highest BCUT2D eigenvalue weighted by Gasteiger charge is 2.33. The van der Waals surface area contributed by atoms with Gasteiger partial charge in [-0.3, -0.25) is 14.0 Å². The van der Waals surface area contributed by atoms with Gasteiger partial charge in [0.05, 0.1) is 6.04 Å². The van der Waals surface area contributed by atoms with Crippen LogP contribution in [0.25, 0.3) is 5.65 Å². The molecular formula is C20H20N4O3. The maximum Gasteiger partial charge on any atom is 0.261 e. The Kier molecular flexibility index (Phi) is 4.58. The van der Waals surface area contributed by atoms with E-state index in [1.54, 1.807) is 24.3 Å². The van der Waals surface area contributed by atoms with Crippen molar-refractivity contribution in [1.82, 2.24) is 19.5 Å². The number of amides is 1. The quantitative estimate of drug-likeness (QED) is 0.651. The molecule has 0 aliphatic carbocycles. The zero-order valence-corrected chi connectivity index (χ0v) is 15.0. The maximum absolute atomic E-state index is 12.7. The lowest BCUT2D eigenvalue weighted by Gasteiger charge is -2.23. The second-order valence-corrected chi connectivity index (χ2v) is 6.60. The minimum absolute atomic E-state index is 0.00179. The number of fused-ring (bicyclic) bond motifs is 1. The number of ether oxygens (including phenoxy) is 1. The molecule has 3 aromatic rings. The van der Waals surface area contributed by atoms with Crippen LogP contribution >= 0.6 is 0 Å². The highest BCUT2D eigenvalue weighted by Crippen LogP contribution is 2.31. The van der Waals surface area contributed by atoms with Gasteiger partial charge in [0.15, 0.2) is 23.9 Å². The normalized spacial score (nSPS) is 16.6. The Morgan fingerprint density at radius 1 is 1.15 bits per heavy atom. The number of carbonyl (C=O) groups excluding carboxylic acids is 2. The third-order valence-corrected chi connectivity index (χ3v) is 4.83. The molecule has 0 unspecified atom stereocenters. The second-order valence-electron chi connectivity index (χ2n) is 6.60. The van der Waals surface area contributed by atoms with Gasteiger partial charge >= 0.3 is 0 Å². The number of benzene rings is 1. The summed E-state index contributed by atoms with van der Waals surface area (Å²) in [4.78, 5) is 25.9. The first kappa shape index (κ1) is 17.2. The summed E-state index contributed by atoms with van der Waals surface area (Å²) < 4.78 is 7.55. The van der Waals surface area contributed by atoms with Crippen LogP contribution < -0.4 is 4.74 Å². The Morgan fingerprint density at radius 3 is 2.74 bits per heavy atom. The van der Waals surface area contributed by atoms with Gasteiger partial charge in [0.25, 0.3) is 5.91 Å². The molecule has 27 heavy (non-hydrogen) atoms. The molecule has 1 saturated heterocycles. The van der Waals surface area contributed by atoms with Gasteiger partial charge in [-0.1, -0.05) is 6.07 Å². The molecule has 1 aromatic carbocycles. The van der Waals surface area contributed by atoms with E-state index in [2.05, 4.69) is 10.2 Å². The van der Waals surface area contributed by atoms with Crippen molar-refractivity contribution in [3.63, 3.8) is 0 Å².